The predicted octanol–water partition coefficient (Wildman–Crippen LogP) is -2.96. The molecule has 0 bridgehead atoms. The molecule has 11 nitrogen and oxygen atoms in total. The number of nitrogens with zero attached hydrogens (tertiary/aromatic N) is 2. The second-order valence-electron chi connectivity index (χ2n) is 8.43. The zero-order valence-electron chi connectivity index (χ0n) is 20.2. The summed E-state index contributed by atoms with van der Waals surface area (Å²) in [4.78, 5) is 30.2. The molecule has 11 heteroatoms. The fourth-order valence-electron chi connectivity index (χ4n) is 1.48. The smallest absolute Gasteiger partial charge is 0.308 e. The van der Waals surface area contributed by atoms with Gasteiger partial charge in [0.15, 0.2) is 0 Å². The number of carbonyl (C=O) groups excluding carboxylic acids is 3. The standard InChI is InChI=1S/C9H8O4.2C5H14NO.C2H5NO2/c1-6(10)13-8-5-3-2-4-7(8)9(11)12;2*1-6(2,3)4-5-7;3-1-2(4)5/h2-5H,1H3,(H,11,12);2*7H,4-5H2,1-3H3;1,3H2,(H,4,5)/q;2*+1;/p-2. The molecule has 0 saturated carbocycles. The summed E-state index contributed by atoms with van der Waals surface area (Å²) in [6.45, 7) is 3.04. The van der Waals surface area contributed by atoms with Crippen molar-refractivity contribution in [3.8, 4) is 5.75 Å². The highest BCUT2D eigenvalue weighted by Crippen LogP contribution is 2.16. The Hall–Kier alpha value is -2.57. The number of likely N-dealkylation sites (N-methyl/N-ethyl adjacent to an activating group) is 2. The minimum Gasteiger partial charge on any atom is -0.549 e. The molecule has 1 aromatic carbocycles. The molecule has 0 aliphatic rings. The monoisotopic (exact) mass is 461 g/mol. The van der Waals surface area contributed by atoms with E-state index >= 15 is 0 Å². The lowest BCUT2D eigenvalue weighted by molar-refractivity contribution is -0.870. The van der Waals surface area contributed by atoms with Crippen molar-refractivity contribution in [2.24, 2.45) is 5.73 Å². The number of aliphatic hydroxyl groups is 2. The maximum atomic E-state index is 10.6. The molecule has 0 atom stereocenters. The molecule has 1 aromatic rings. The van der Waals surface area contributed by atoms with Gasteiger partial charge in [-0.05, 0) is 12.1 Å². The lowest BCUT2D eigenvalue weighted by Gasteiger charge is -2.21. The van der Waals surface area contributed by atoms with E-state index in [2.05, 4.69) is 52.8 Å². The van der Waals surface area contributed by atoms with Crippen molar-refractivity contribution in [2.75, 3.05) is 75.1 Å². The highest BCUT2D eigenvalue weighted by atomic mass is 16.5. The van der Waals surface area contributed by atoms with Gasteiger partial charge in [0.2, 0.25) is 0 Å². The molecule has 0 saturated heterocycles. The molecular weight excluding hydrogens is 422 g/mol. The summed E-state index contributed by atoms with van der Waals surface area (Å²) in [5, 5.41) is 36.4. The van der Waals surface area contributed by atoms with E-state index in [0.717, 1.165) is 22.1 Å². The first-order valence-electron chi connectivity index (χ1n) is 9.72. The van der Waals surface area contributed by atoms with Crippen molar-refractivity contribution < 1.29 is 48.5 Å². The van der Waals surface area contributed by atoms with E-state index in [1.165, 1.54) is 25.1 Å². The minimum atomic E-state index is -1.36. The van der Waals surface area contributed by atoms with Crippen molar-refractivity contribution in [3.63, 3.8) is 0 Å². The first kappa shape index (κ1) is 34.1. The number of aliphatic carboxylic acids is 1. The summed E-state index contributed by atoms with van der Waals surface area (Å²) in [6.07, 6.45) is 0. The third kappa shape index (κ3) is 27.4. The predicted molar refractivity (Wildman–Crippen MR) is 116 cm³/mol. The molecule has 0 unspecified atom stereocenters. The number of hydrogen-bond donors (Lipinski definition) is 3. The Morgan fingerprint density at radius 1 is 0.906 bits per heavy atom. The number of hydrogen-bond acceptors (Lipinski definition) is 9. The number of quaternary nitrogens is 2. The van der Waals surface area contributed by atoms with Gasteiger partial charge in [-0.3, -0.25) is 4.79 Å². The molecule has 0 aromatic heterocycles. The van der Waals surface area contributed by atoms with Crippen molar-refractivity contribution >= 4 is 17.9 Å². The summed E-state index contributed by atoms with van der Waals surface area (Å²) < 4.78 is 6.33. The van der Waals surface area contributed by atoms with E-state index in [1.807, 2.05) is 0 Å². The molecule has 0 fully saturated rings. The normalized spacial score (nSPS) is 10.2. The van der Waals surface area contributed by atoms with E-state index in [9.17, 15) is 14.7 Å². The number of rotatable bonds is 7. The third-order valence-electron chi connectivity index (χ3n) is 3.07. The molecule has 32 heavy (non-hydrogen) atoms. The third-order valence-corrected chi connectivity index (χ3v) is 3.07. The first-order chi connectivity index (χ1) is 14.5. The molecular formula is C21H39N3O8. The lowest BCUT2D eigenvalue weighted by Crippen LogP contribution is -2.36. The van der Waals surface area contributed by atoms with Crippen molar-refractivity contribution in [2.45, 2.75) is 6.92 Å². The number of esters is 1. The first-order valence-corrected chi connectivity index (χ1v) is 9.72. The topological polar surface area (TPSA) is 173 Å². The molecule has 0 aliphatic heterocycles. The number of carboxylic acids is 2. The summed E-state index contributed by atoms with van der Waals surface area (Å²) in [7, 11) is 12.3. The molecule has 0 radical (unpaired) electrons. The van der Waals surface area contributed by atoms with Crippen LogP contribution >= 0.6 is 0 Å². The van der Waals surface area contributed by atoms with Gasteiger partial charge in [0.1, 0.15) is 18.8 Å². The molecule has 0 heterocycles. The fourth-order valence-corrected chi connectivity index (χ4v) is 1.48. The van der Waals surface area contributed by atoms with E-state index in [-0.39, 0.29) is 31.1 Å². The number of nitrogens with two attached hydrogens (primary N) is 1. The van der Waals surface area contributed by atoms with Crippen LogP contribution < -0.4 is 20.7 Å². The zero-order chi connectivity index (χ0) is 26.0. The number of para-hydroxylation sites is 1. The highest BCUT2D eigenvalue weighted by molar-refractivity contribution is 5.90. The molecule has 1 rings (SSSR count). The number of ether oxygens (including phenoxy) is 1. The Morgan fingerprint density at radius 3 is 1.50 bits per heavy atom. The fraction of sp³-hybridized carbons (Fsp3) is 0.571. The zero-order valence-corrected chi connectivity index (χ0v) is 20.2. The molecule has 0 amide bonds. The van der Waals surface area contributed by atoms with Gasteiger partial charge < -0.3 is 49.5 Å². The van der Waals surface area contributed by atoms with Crippen molar-refractivity contribution in [3.05, 3.63) is 29.8 Å². The maximum Gasteiger partial charge on any atom is 0.308 e. The Balaban J connectivity index is -0.000000381. The maximum absolute atomic E-state index is 10.6. The average molecular weight is 462 g/mol. The van der Waals surface area contributed by atoms with Crippen LogP contribution in [0.2, 0.25) is 0 Å². The number of benzene rings is 1. The second kappa shape index (κ2) is 18.0. The highest BCUT2D eigenvalue weighted by Gasteiger charge is 2.05. The van der Waals surface area contributed by atoms with Crippen molar-refractivity contribution in [1.82, 2.24) is 0 Å². The van der Waals surface area contributed by atoms with Crippen LogP contribution in [0.4, 0.5) is 0 Å². The van der Waals surface area contributed by atoms with Gasteiger partial charge in [0.25, 0.3) is 0 Å². The van der Waals surface area contributed by atoms with Crippen LogP contribution in [0.15, 0.2) is 24.3 Å². The SMILES string of the molecule is CC(=O)Oc1ccccc1C(=O)[O-].C[N+](C)(C)CCO.C[N+](C)(C)CCO.NCC(=O)[O-]. The second-order valence-corrected chi connectivity index (χ2v) is 8.43. The van der Waals surface area contributed by atoms with Crippen LogP contribution in [0.5, 0.6) is 5.75 Å². The Bertz CT molecular complexity index is 652. The average Bonchev–Trinajstić information content (AvgIpc) is 2.61. The largest absolute Gasteiger partial charge is 0.549 e. The van der Waals surface area contributed by atoms with Gasteiger partial charge in [-0.2, -0.15) is 0 Å². The summed E-state index contributed by atoms with van der Waals surface area (Å²) in [5.74, 6) is -3.13. The van der Waals surface area contributed by atoms with Gasteiger partial charge in [0, 0.05) is 19.0 Å². The number of aliphatic hydroxyl groups excluding tert-OH is 2. The van der Waals surface area contributed by atoms with Crippen LogP contribution in [0.1, 0.15) is 17.3 Å². The van der Waals surface area contributed by atoms with Gasteiger partial charge in [-0.1, -0.05) is 12.1 Å². The van der Waals surface area contributed by atoms with Crippen LogP contribution in [0.25, 0.3) is 0 Å². The van der Waals surface area contributed by atoms with E-state index in [1.54, 1.807) is 6.07 Å². The van der Waals surface area contributed by atoms with Gasteiger partial charge in [0.05, 0.1) is 67.4 Å². The summed E-state index contributed by atoms with van der Waals surface area (Å²) >= 11 is 0. The molecule has 186 valence electrons. The van der Waals surface area contributed by atoms with Crippen LogP contribution in [0, 0.1) is 0 Å². The van der Waals surface area contributed by atoms with E-state index in [0.29, 0.717) is 0 Å². The Morgan fingerprint density at radius 2 is 1.28 bits per heavy atom. The summed E-state index contributed by atoms with van der Waals surface area (Å²) in [6, 6.07) is 5.81. The van der Waals surface area contributed by atoms with Crippen LogP contribution in [-0.4, -0.2) is 112 Å². The van der Waals surface area contributed by atoms with E-state index in [4.69, 9.17) is 20.1 Å². The number of carbonyl (C=O) groups is 3. The van der Waals surface area contributed by atoms with Gasteiger partial charge in [-0.15, -0.1) is 0 Å². The van der Waals surface area contributed by atoms with E-state index < -0.39 is 17.9 Å². The van der Waals surface area contributed by atoms with Crippen LogP contribution in [0.3, 0.4) is 0 Å². The Labute approximate surface area is 190 Å². The minimum absolute atomic E-state index is 0.00926. The van der Waals surface area contributed by atoms with Crippen molar-refractivity contribution in [1.29, 1.82) is 0 Å². The number of aromatic carboxylic acids is 1. The molecule has 4 N–H and O–H groups in total. The Kier molecular flexibility index (Phi) is 19.2. The number of carboxylic acid groups (broad SMARTS) is 2. The van der Waals surface area contributed by atoms with Crippen LogP contribution in [-0.2, 0) is 9.59 Å². The summed E-state index contributed by atoms with van der Waals surface area (Å²) in [5.41, 5.74) is 4.38. The van der Waals surface area contributed by atoms with Gasteiger partial charge >= 0.3 is 5.97 Å². The molecule has 0 aliphatic carbocycles. The quantitative estimate of drug-likeness (QED) is 0.218. The lowest BCUT2D eigenvalue weighted by atomic mass is 10.2. The molecule has 0 spiro atoms. The van der Waals surface area contributed by atoms with Gasteiger partial charge in [-0.25, -0.2) is 0 Å².